The molecule has 1 aromatic carbocycles. The quantitative estimate of drug-likeness (QED) is 0.537. The molecule has 1 atom stereocenters. The predicted molar refractivity (Wildman–Crippen MR) is 45.2 cm³/mol. The van der Waals surface area contributed by atoms with Crippen LogP contribution in [0.25, 0.3) is 0 Å². The molecular weight excluding hydrogens is 172 g/mol. The van der Waals surface area contributed by atoms with E-state index < -0.39 is 11.9 Å². The zero-order chi connectivity index (χ0) is 9.84. The van der Waals surface area contributed by atoms with Crippen molar-refractivity contribution in [3.8, 4) is 5.75 Å². The lowest BCUT2D eigenvalue weighted by atomic mass is 10.0. The number of aromatic hydroxyl groups is 1. The van der Waals surface area contributed by atoms with E-state index in [1.54, 1.807) is 19.1 Å². The monoisotopic (exact) mass is 182 g/mol. The Bertz CT molecular complexity index is 291. The maximum atomic E-state index is 10.9. The summed E-state index contributed by atoms with van der Waals surface area (Å²) in [4.78, 5) is 14.5. The van der Waals surface area contributed by atoms with Crippen LogP contribution in [0, 0.1) is 0 Å². The molecule has 0 heterocycles. The summed E-state index contributed by atoms with van der Waals surface area (Å²) in [7, 11) is 0. The first-order valence-corrected chi connectivity index (χ1v) is 3.79. The summed E-state index contributed by atoms with van der Waals surface area (Å²) >= 11 is 0. The minimum atomic E-state index is -0.717. The third-order valence-corrected chi connectivity index (χ3v) is 1.84. The smallest absolute Gasteiger partial charge is 0.349 e. The van der Waals surface area contributed by atoms with Gasteiger partial charge in [0.2, 0.25) is 0 Å². The van der Waals surface area contributed by atoms with Gasteiger partial charge in [-0.2, -0.15) is 5.26 Å². The summed E-state index contributed by atoms with van der Waals surface area (Å²) in [6.45, 7) is 1.60. The maximum absolute atomic E-state index is 10.9. The van der Waals surface area contributed by atoms with Gasteiger partial charge in [0.15, 0.2) is 0 Å². The van der Waals surface area contributed by atoms with Crippen molar-refractivity contribution in [3.63, 3.8) is 0 Å². The highest BCUT2D eigenvalue weighted by molar-refractivity contribution is 5.77. The molecule has 0 aliphatic heterocycles. The SMILES string of the molecule is CC(C(=O)OO)c1ccc(O)cc1. The normalized spacial score (nSPS) is 12.2. The van der Waals surface area contributed by atoms with Gasteiger partial charge in [-0.1, -0.05) is 12.1 Å². The van der Waals surface area contributed by atoms with E-state index in [9.17, 15) is 4.79 Å². The molecule has 0 fully saturated rings. The Morgan fingerprint density at radius 2 is 1.92 bits per heavy atom. The molecule has 0 spiro atoms. The molecule has 70 valence electrons. The van der Waals surface area contributed by atoms with Crippen LogP contribution in [0.1, 0.15) is 18.4 Å². The summed E-state index contributed by atoms with van der Waals surface area (Å²) in [5.41, 5.74) is 0.678. The van der Waals surface area contributed by atoms with Crippen LogP contribution >= 0.6 is 0 Å². The van der Waals surface area contributed by atoms with Gasteiger partial charge in [-0.25, -0.2) is 4.79 Å². The first kappa shape index (κ1) is 9.54. The van der Waals surface area contributed by atoms with Crippen LogP contribution in [0.4, 0.5) is 0 Å². The van der Waals surface area contributed by atoms with Gasteiger partial charge < -0.3 is 9.99 Å². The van der Waals surface area contributed by atoms with E-state index in [0.29, 0.717) is 5.56 Å². The molecule has 0 amide bonds. The number of phenolic OH excluding ortho intramolecular Hbond substituents is 1. The lowest BCUT2D eigenvalue weighted by Crippen LogP contribution is -2.10. The van der Waals surface area contributed by atoms with Gasteiger partial charge in [0, 0.05) is 0 Å². The first-order chi connectivity index (χ1) is 6.15. The summed E-state index contributed by atoms with van der Waals surface area (Å²) in [5, 5.41) is 17.1. The maximum Gasteiger partial charge on any atom is 0.349 e. The Labute approximate surface area is 75.3 Å². The van der Waals surface area contributed by atoms with Crippen LogP contribution in [-0.4, -0.2) is 16.3 Å². The highest BCUT2D eigenvalue weighted by Crippen LogP contribution is 2.19. The molecular formula is C9H10O4. The number of benzene rings is 1. The van der Waals surface area contributed by atoms with Crippen molar-refractivity contribution in [1.29, 1.82) is 0 Å². The minimum absolute atomic E-state index is 0.133. The molecule has 0 aliphatic carbocycles. The number of hydrogen-bond donors (Lipinski definition) is 2. The van der Waals surface area contributed by atoms with Crippen LogP contribution < -0.4 is 0 Å². The molecule has 0 aromatic heterocycles. The lowest BCUT2D eigenvalue weighted by Gasteiger charge is -2.07. The van der Waals surface area contributed by atoms with E-state index in [4.69, 9.17) is 10.4 Å². The summed E-state index contributed by atoms with van der Waals surface area (Å²) < 4.78 is 0. The zero-order valence-corrected chi connectivity index (χ0v) is 7.10. The van der Waals surface area contributed by atoms with Crippen molar-refractivity contribution in [2.75, 3.05) is 0 Å². The summed E-state index contributed by atoms with van der Waals surface area (Å²) in [5.74, 6) is -1.12. The fourth-order valence-corrected chi connectivity index (χ4v) is 0.978. The largest absolute Gasteiger partial charge is 0.508 e. The van der Waals surface area contributed by atoms with Crippen molar-refractivity contribution < 1.29 is 20.0 Å². The van der Waals surface area contributed by atoms with Gasteiger partial charge in [0.1, 0.15) is 5.75 Å². The first-order valence-electron chi connectivity index (χ1n) is 3.79. The molecule has 13 heavy (non-hydrogen) atoms. The highest BCUT2D eigenvalue weighted by atomic mass is 17.1. The number of phenols is 1. The molecule has 0 bridgehead atoms. The van der Waals surface area contributed by atoms with Gasteiger partial charge in [-0.05, 0) is 24.6 Å². The second kappa shape index (κ2) is 3.91. The van der Waals surface area contributed by atoms with E-state index in [0.717, 1.165) is 0 Å². The van der Waals surface area contributed by atoms with Crippen molar-refractivity contribution >= 4 is 5.97 Å². The average molecular weight is 182 g/mol. The summed E-state index contributed by atoms with van der Waals surface area (Å²) in [6.07, 6.45) is 0. The molecule has 2 N–H and O–H groups in total. The van der Waals surface area contributed by atoms with Crippen molar-refractivity contribution in [2.24, 2.45) is 0 Å². The van der Waals surface area contributed by atoms with Crippen LogP contribution in [0.3, 0.4) is 0 Å². The van der Waals surface area contributed by atoms with Crippen LogP contribution in [0.2, 0.25) is 0 Å². The third kappa shape index (κ3) is 2.19. The molecule has 4 heteroatoms. The van der Waals surface area contributed by atoms with Gasteiger partial charge >= 0.3 is 5.97 Å². The fourth-order valence-electron chi connectivity index (χ4n) is 0.978. The molecule has 1 unspecified atom stereocenters. The number of carbonyl (C=O) groups excluding carboxylic acids is 1. The average Bonchev–Trinajstić information content (AvgIpc) is 2.17. The molecule has 0 saturated carbocycles. The van der Waals surface area contributed by atoms with Gasteiger partial charge in [0.05, 0.1) is 5.92 Å². The number of carbonyl (C=O) groups is 1. The third-order valence-electron chi connectivity index (χ3n) is 1.84. The van der Waals surface area contributed by atoms with Crippen molar-refractivity contribution in [1.82, 2.24) is 0 Å². The second-order valence-corrected chi connectivity index (χ2v) is 2.72. The van der Waals surface area contributed by atoms with Gasteiger partial charge in [-0.15, -0.1) is 0 Å². The van der Waals surface area contributed by atoms with Crippen molar-refractivity contribution in [2.45, 2.75) is 12.8 Å². The Balaban J connectivity index is 2.83. The van der Waals surface area contributed by atoms with E-state index in [1.807, 2.05) is 0 Å². The molecule has 1 aromatic rings. The van der Waals surface area contributed by atoms with Crippen molar-refractivity contribution in [3.05, 3.63) is 29.8 Å². The van der Waals surface area contributed by atoms with Gasteiger partial charge in [-0.3, -0.25) is 0 Å². The van der Waals surface area contributed by atoms with Crippen LogP contribution in [-0.2, 0) is 9.68 Å². The Morgan fingerprint density at radius 3 is 2.38 bits per heavy atom. The van der Waals surface area contributed by atoms with Gasteiger partial charge in [0.25, 0.3) is 0 Å². The number of rotatable bonds is 2. The Morgan fingerprint density at radius 1 is 1.38 bits per heavy atom. The number of hydrogen-bond acceptors (Lipinski definition) is 4. The van der Waals surface area contributed by atoms with E-state index in [2.05, 4.69) is 4.89 Å². The molecule has 0 saturated heterocycles. The topological polar surface area (TPSA) is 66.8 Å². The molecule has 0 aliphatic rings. The zero-order valence-electron chi connectivity index (χ0n) is 7.10. The van der Waals surface area contributed by atoms with Crippen LogP contribution in [0.5, 0.6) is 5.75 Å². The molecule has 4 nitrogen and oxygen atoms in total. The Kier molecular flexibility index (Phi) is 2.87. The molecule has 0 radical (unpaired) electrons. The Hall–Kier alpha value is -1.55. The highest BCUT2D eigenvalue weighted by Gasteiger charge is 2.16. The van der Waals surface area contributed by atoms with Crippen LogP contribution in [0.15, 0.2) is 24.3 Å². The molecule has 1 rings (SSSR count). The standard InChI is InChI=1S/C9H10O4/c1-6(9(11)13-12)7-2-4-8(10)5-3-7/h2-6,10,12H,1H3. The fraction of sp³-hybridized carbons (Fsp3) is 0.222. The van der Waals surface area contributed by atoms with E-state index >= 15 is 0 Å². The second-order valence-electron chi connectivity index (χ2n) is 2.72. The van der Waals surface area contributed by atoms with E-state index in [1.165, 1.54) is 12.1 Å². The van der Waals surface area contributed by atoms with E-state index in [-0.39, 0.29) is 5.75 Å². The predicted octanol–water partition coefficient (Wildman–Crippen LogP) is 1.51. The lowest BCUT2D eigenvalue weighted by molar-refractivity contribution is -0.235. The minimum Gasteiger partial charge on any atom is -0.508 e. The summed E-state index contributed by atoms with van der Waals surface area (Å²) in [6, 6.07) is 6.13.